The van der Waals surface area contributed by atoms with Gasteiger partial charge in [0.05, 0.1) is 6.10 Å². The molecular formula is C13H28N2O. The molecule has 1 rings (SSSR count). The molecule has 1 aliphatic rings. The van der Waals surface area contributed by atoms with Crippen LogP contribution in [-0.2, 0) is 0 Å². The summed E-state index contributed by atoms with van der Waals surface area (Å²) in [5, 5.41) is 9.38. The first-order chi connectivity index (χ1) is 7.83. The highest BCUT2D eigenvalue weighted by atomic mass is 16.3. The van der Waals surface area contributed by atoms with E-state index in [-0.39, 0.29) is 6.10 Å². The van der Waals surface area contributed by atoms with Crippen LogP contribution < -0.4 is 5.73 Å². The molecule has 3 N–H and O–H groups in total. The molecule has 0 amide bonds. The van der Waals surface area contributed by atoms with Gasteiger partial charge in [-0.15, -0.1) is 0 Å². The van der Waals surface area contributed by atoms with E-state index in [9.17, 15) is 5.11 Å². The summed E-state index contributed by atoms with van der Waals surface area (Å²) in [4.78, 5) is 2.49. The molecule has 0 aromatic rings. The summed E-state index contributed by atoms with van der Waals surface area (Å²) in [6.07, 6.45) is 9.76. The molecule has 0 aliphatic carbocycles. The Balaban J connectivity index is 1.84. The highest BCUT2D eigenvalue weighted by Crippen LogP contribution is 2.11. The highest BCUT2D eigenvalue weighted by Gasteiger charge is 2.15. The van der Waals surface area contributed by atoms with Crippen molar-refractivity contribution in [3.05, 3.63) is 0 Å². The molecule has 1 saturated heterocycles. The van der Waals surface area contributed by atoms with Gasteiger partial charge in [-0.1, -0.05) is 25.7 Å². The van der Waals surface area contributed by atoms with E-state index >= 15 is 0 Å². The largest absolute Gasteiger partial charge is 0.393 e. The van der Waals surface area contributed by atoms with Gasteiger partial charge in [0.1, 0.15) is 0 Å². The molecule has 16 heavy (non-hydrogen) atoms. The molecule has 1 heterocycles. The second-order valence-electron chi connectivity index (χ2n) is 4.98. The van der Waals surface area contributed by atoms with E-state index < -0.39 is 0 Å². The lowest BCUT2D eigenvalue weighted by atomic mass is 10.1. The normalized spacial score (nSPS) is 19.1. The molecule has 1 fully saturated rings. The average Bonchev–Trinajstić information content (AvgIpc) is 2.30. The number of rotatable bonds is 8. The standard InChI is InChI=1S/C13H28N2O/c14-9-5-3-1-2-4-6-10-15-11-7-13(16)8-12-15/h13,16H,1-12,14H2. The number of hydrogen-bond acceptors (Lipinski definition) is 3. The van der Waals surface area contributed by atoms with Crippen LogP contribution in [0.5, 0.6) is 0 Å². The molecule has 3 nitrogen and oxygen atoms in total. The molecule has 0 spiro atoms. The summed E-state index contributed by atoms with van der Waals surface area (Å²) >= 11 is 0. The molecule has 96 valence electrons. The molecule has 0 saturated carbocycles. The monoisotopic (exact) mass is 228 g/mol. The van der Waals surface area contributed by atoms with E-state index in [4.69, 9.17) is 5.73 Å². The molecule has 0 aromatic carbocycles. The Bertz CT molecular complexity index is 156. The molecule has 3 heteroatoms. The third-order valence-electron chi connectivity index (χ3n) is 3.49. The molecule has 1 aliphatic heterocycles. The van der Waals surface area contributed by atoms with Crippen LogP contribution in [0.2, 0.25) is 0 Å². The van der Waals surface area contributed by atoms with Crippen LogP contribution in [0.25, 0.3) is 0 Å². The summed E-state index contributed by atoms with van der Waals surface area (Å²) in [5.74, 6) is 0. The molecule has 0 radical (unpaired) electrons. The minimum absolute atomic E-state index is 0.0347. The summed E-state index contributed by atoms with van der Waals surface area (Å²) in [5.41, 5.74) is 5.45. The van der Waals surface area contributed by atoms with Gasteiger partial charge in [-0.25, -0.2) is 0 Å². The fourth-order valence-electron chi connectivity index (χ4n) is 2.33. The van der Waals surface area contributed by atoms with E-state index in [0.717, 1.165) is 32.5 Å². The molecular weight excluding hydrogens is 200 g/mol. The van der Waals surface area contributed by atoms with Crippen LogP contribution in [0.15, 0.2) is 0 Å². The summed E-state index contributed by atoms with van der Waals surface area (Å²) in [7, 11) is 0. The summed E-state index contributed by atoms with van der Waals surface area (Å²) in [6.45, 7) is 4.25. The van der Waals surface area contributed by atoms with E-state index in [1.54, 1.807) is 0 Å². The van der Waals surface area contributed by atoms with Gasteiger partial charge in [-0.3, -0.25) is 0 Å². The van der Waals surface area contributed by atoms with Gasteiger partial charge in [0.15, 0.2) is 0 Å². The molecule has 0 atom stereocenters. The van der Waals surface area contributed by atoms with Gasteiger partial charge in [0, 0.05) is 13.1 Å². The zero-order valence-electron chi connectivity index (χ0n) is 10.5. The van der Waals surface area contributed by atoms with Crippen LogP contribution in [0.1, 0.15) is 51.4 Å². The maximum absolute atomic E-state index is 9.38. The Kier molecular flexibility index (Phi) is 7.81. The van der Waals surface area contributed by atoms with E-state index in [2.05, 4.69) is 4.90 Å². The Morgan fingerprint density at radius 3 is 2.12 bits per heavy atom. The van der Waals surface area contributed by atoms with Gasteiger partial charge in [-0.2, -0.15) is 0 Å². The van der Waals surface area contributed by atoms with Crippen LogP contribution in [0, 0.1) is 0 Å². The zero-order valence-corrected chi connectivity index (χ0v) is 10.5. The Labute approximate surface area is 100 Å². The molecule has 0 bridgehead atoms. The number of hydrogen-bond donors (Lipinski definition) is 2. The smallest absolute Gasteiger partial charge is 0.0564 e. The first kappa shape index (κ1) is 13.9. The predicted octanol–water partition coefficient (Wildman–Crippen LogP) is 1.74. The van der Waals surface area contributed by atoms with Crippen LogP contribution in [-0.4, -0.2) is 42.3 Å². The zero-order chi connectivity index (χ0) is 11.6. The van der Waals surface area contributed by atoms with E-state index in [1.807, 2.05) is 0 Å². The van der Waals surface area contributed by atoms with Crippen molar-refractivity contribution in [1.82, 2.24) is 4.90 Å². The maximum atomic E-state index is 9.38. The average molecular weight is 228 g/mol. The van der Waals surface area contributed by atoms with Crippen molar-refractivity contribution in [2.75, 3.05) is 26.2 Å². The van der Waals surface area contributed by atoms with Crippen LogP contribution in [0.3, 0.4) is 0 Å². The third-order valence-corrected chi connectivity index (χ3v) is 3.49. The number of piperidine rings is 1. The fraction of sp³-hybridized carbons (Fsp3) is 1.00. The number of nitrogens with two attached hydrogens (primary N) is 1. The number of aliphatic hydroxyl groups is 1. The second-order valence-corrected chi connectivity index (χ2v) is 4.98. The van der Waals surface area contributed by atoms with Gasteiger partial charge in [0.25, 0.3) is 0 Å². The lowest BCUT2D eigenvalue weighted by Gasteiger charge is -2.29. The lowest BCUT2D eigenvalue weighted by Crippen LogP contribution is -2.36. The van der Waals surface area contributed by atoms with Gasteiger partial charge < -0.3 is 15.7 Å². The molecule has 0 unspecified atom stereocenters. The minimum Gasteiger partial charge on any atom is -0.393 e. The minimum atomic E-state index is -0.0347. The second kappa shape index (κ2) is 8.97. The van der Waals surface area contributed by atoms with Crippen molar-refractivity contribution < 1.29 is 5.11 Å². The highest BCUT2D eigenvalue weighted by molar-refractivity contribution is 4.70. The van der Waals surface area contributed by atoms with Gasteiger partial charge in [0.2, 0.25) is 0 Å². The van der Waals surface area contributed by atoms with Crippen molar-refractivity contribution >= 4 is 0 Å². The van der Waals surface area contributed by atoms with Crippen molar-refractivity contribution in [3.8, 4) is 0 Å². The quantitative estimate of drug-likeness (QED) is 0.622. The first-order valence-corrected chi connectivity index (χ1v) is 6.93. The first-order valence-electron chi connectivity index (χ1n) is 6.93. The fourth-order valence-corrected chi connectivity index (χ4v) is 2.33. The van der Waals surface area contributed by atoms with Crippen molar-refractivity contribution in [2.24, 2.45) is 5.73 Å². The third kappa shape index (κ3) is 6.46. The topological polar surface area (TPSA) is 49.5 Å². The van der Waals surface area contributed by atoms with E-state index in [1.165, 1.54) is 45.1 Å². The number of nitrogens with zero attached hydrogens (tertiary/aromatic N) is 1. The summed E-state index contributed by atoms with van der Waals surface area (Å²) in [6, 6.07) is 0. The number of aliphatic hydroxyl groups excluding tert-OH is 1. The van der Waals surface area contributed by atoms with Crippen LogP contribution >= 0.6 is 0 Å². The van der Waals surface area contributed by atoms with Crippen molar-refractivity contribution in [2.45, 2.75) is 57.5 Å². The number of likely N-dealkylation sites (tertiary alicyclic amines) is 1. The SMILES string of the molecule is NCCCCCCCCN1CCC(O)CC1. The summed E-state index contributed by atoms with van der Waals surface area (Å²) < 4.78 is 0. The van der Waals surface area contributed by atoms with Gasteiger partial charge in [-0.05, 0) is 38.8 Å². The van der Waals surface area contributed by atoms with Crippen LogP contribution in [0.4, 0.5) is 0 Å². The Morgan fingerprint density at radius 1 is 0.938 bits per heavy atom. The van der Waals surface area contributed by atoms with Crippen molar-refractivity contribution in [1.29, 1.82) is 0 Å². The number of unbranched alkanes of at least 4 members (excludes halogenated alkanes) is 5. The van der Waals surface area contributed by atoms with Crippen molar-refractivity contribution in [3.63, 3.8) is 0 Å². The predicted molar refractivity (Wildman–Crippen MR) is 68.4 cm³/mol. The lowest BCUT2D eigenvalue weighted by molar-refractivity contribution is 0.0817. The Hall–Kier alpha value is -0.120. The van der Waals surface area contributed by atoms with E-state index in [0.29, 0.717) is 0 Å². The van der Waals surface area contributed by atoms with Gasteiger partial charge >= 0.3 is 0 Å². The maximum Gasteiger partial charge on any atom is 0.0564 e. The molecule has 0 aromatic heterocycles. The Morgan fingerprint density at radius 2 is 1.50 bits per heavy atom.